The topological polar surface area (TPSA) is 49.7 Å². The van der Waals surface area contributed by atoms with Crippen molar-refractivity contribution in [3.8, 4) is 17.2 Å². The Kier molecular flexibility index (Phi) is 2.67. The molecule has 0 spiro atoms. The molecule has 0 saturated heterocycles. The second kappa shape index (κ2) is 4.35. The minimum absolute atomic E-state index is 0.171. The Balaban J connectivity index is 2.42. The molecule has 0 unspecified atom stereocenters. The van der Waals surface area contributed by atoms with E-state index < -0.39 is 0 Å². The van der Waals surface area contributed by atoms with Crippen LogP contribution >= 0.6 is 0 Å². The van der Waals surface area contributed by atoms with Gasteiger partial charge in [-0.15, -0.1) is 0 Å². The number of hydrogen-bond donors (Lipinski definition) is 2. The van der Waals surface area contributed by atoms with Crippen molar-refractivity contribution < 1.29 is 14.9 Å². The Hall–Kier alpha value is -2.42. The van der Waals surface area contributed by atoms with E-state index in [-0.39, 0.29) is 11.5 Å². The highest BCUT2D eigenvalue weighted by Crippen LogP contribution is 2.42. The van der Waals surface area contributed by atoms with Gasteiger partial charge in [0.25, 0.3) is 0 Å². The van der Waals surface area contributed by atoms with E-state index in [1.165, 1.54) is 0 Å². The first kappa shape index (κ1) is 11.7. The van der Waals surface area contributed by atoms with Gasteiger partial charge in [-0.3, -0.25) is 0 Å². The van der Waals surface area contributed by atoms with Crippen molar-refractivity contribution in [3.63, 3.8) is 0 Å². The average molecular weight is 254 g/mol. The molecule has 0 fully saturated rings. The van der Waals surface area contributed by atoms with Gasteiger partial charge in [0.1, 0.15) is 17.2 Å². The fourth-order valence-corrected chi connectivity index (χ4v) is 2.37. The minimum Gasteiger partial charge on any atom is -0.507 e. The second-order valence-corrected chi connectivity index (χ2v) is 4.38. The molecule has 0 radical (unpaired) electrons. The molecule has 2 N–H and O–H groups in total. The summed E-state index contributed by atoms with van der Waals surface area (Å²) in [5, 5.41) is 23.2. The quantitative estimate of drug-likeness (QED) is 0.540. The Labute approximate surface area is 110 Å². The first-order valence-electron chi connectivity index (χ1n) is 6.21. The molecule has 0 heterocycles. The van der Waals surface area contributed by atoms with Gasteiger partial charge < -0.3 is 14.9 Å². The van der Waals surface area contributed by atoms with Crippen molar-refractivity contribution in [2.75, 3.05) is 6.61 Å². The molecule has 3 aromatic rings. The Morgan fingerprint density at radius 2 is 1.42 bits per heavy atom. The molecule has 19 heavy (non-hydrogen) atoms. The Morgan fingerprint density at radius 1 is 0.842 bits per heavy atom. The monoisotopic (exact) mass is 254 g/mol. The predicted octanol–water partition coefficient (Wildman–Crippen LogP) is 3.80. The summed E-state index contributed by atoms with van der Waals surface area (Å²) >= 11 is 0. The maximum Gasteiger partial charge on any atom is 0.131 e. The number of aromatic hydroxyl groups is 2. The SMILES string of the molecule is CCOc1ccc2c(O)c3ccccc3c(O)c2c1. The molecule has 3 nitrogen and oxygen atoms in total. The third kappa shape index (κ3) is 1.74. The lowest BCUT2D eigenvalue weighted by molar-refractivity contribution is 0.340. The second-order valence-electron chi connectivity index (χ2n) is 4.38. The van der Waals surface area contributed by atoms with Gasteiger partial charge in [0.2, 0.25) is 0 Å². The fourth-order valence-electron chi connectivity index (χ4n) is 2.37. The zero-order chi connectivity index (χ0) is 13.4. The molecule has 0 aliphatic heterocycles. The van der Waals surface area contributed by atoms with E-state index >= 15 is 0 Å². The molecule has 0 saturated carbocycles. The third-order valence-corrected chi connectivity index (χ3v) is 3.25. The number of benzene rings is 3. The Bertz CT molecular complexity index is 763. The van der Waals surface area contributed by atoms with Gasteiger partial charge in [-0.05, 0) is 25.1 Å². The van der Waals surface area contributed by atoms with Crippen molar-refractivity contribution in [3.05, 3.63) is 42.5 Å². The normalized spacial score (nSPS) is 11.0. The van der Waals surface area contributed by atoms with Crippen LogP contribution in [0.15, 0.2) is 42.5 Å². The maximum absolute atomic E-state index is 10.4. The lowest BCUT2D eigenvalue weighted by atomic mass is 10.0. The Morgan fingerprint density at radius 3 is 2.05 bits per heavy atom. The molecular weight excluding hydrogens is 240 g/mol. The summed E-state index contributed by atoms with van der Waals surface area (Å²) < 4.78 is 5.43. The van der Waals surface area contributed by atoms with Crippen LogP contribution in [-0.4, -0.2) is 16.8 Å². The van der Waals surface area contributed by atoms with E-state index in [0.29, 0.717) is 33.9 Å². The van der Waals surface area contributed by atoms with E-state index in [2.05, 4.69) is 0 Å². The third-order valence-electron chi connectivity index (χ3n) is 3.25. The van der Waals surface area contributed by atoms with E-state index in [1.807, 2.05) is 19.1 Å². The van der Waals surface area contributed by atoms with Crippen LogP contribution in [0.4, 0.5) is 0 Å². The molecule has 3 heteroatoms. The van der Waals surface area contributed by atoms with Gasteiger partial charge in [0, 0.05) is 21.5 Å². The van der Waals surface area contributed by atoms with Crippen molar-refractivity contribution in [2.24, 2.45) is 0 Å². The first-order chi connectivity index (χ1) is 9.22. The summed E-state index contributed by atoms with van der Waals surface area (Å²) in [6, 6.07) is 12.6. The van der Waals surface area contributed by atoms with Gasteiger partial charge >= 0.3 is 0 Å². The number of phenols is 2. The molecule has 0 aliphatic carbocycles. The van der Waals surface area contributed by atoms with Crippen LogP contribution < -0.4 is 4.74 Å². The zero-order valence-corrected chi connectivity index (χ0v) is 10.6. The molecule has 0 amide bonds. The maximum atomic E-state index is 10.4. The molecule has 3 rings (SSSR count). The molecular formula is C16H14O3. The molecule has 0 bridgehead atoms. The standard InChI is InChI=1S/C16H14O3/c1-2-19-10-7-8-13-14(9-10)16(18)12-6-4-3-5-11(12)15(13)17/h3-9,17-18H,2H2,1H3. The van der Waals surface area contributed by atoms with E-state index in [9.17, 15) is 10.2 Å². The number of hydrogen-bond acceptors (Lipinski definition) is 3. The minimum atomic E-state index is 0.171. The van der Waals surface area contributed by atoms with Crippen LogP contribution in [0.25, 0.3) is 21.5 Å². The molecule has 0 aliphatic rings. The van der Waals surface area contributed by atoms with Gasteiger partial charge in [0.05, 0.1) is 6.61 Å². The van der Waals surface area contributed by atoms with Crippen molar-refractivity contribution in [1.82, 2.24) is 0 Å². The zero-order valence-electron chi connectivity index (χ0n) is 10.6. The smallest absolute Gasteiger partial charge is 0.131 e. The van der Waals surface area contributed by atoms with Crippen LogP contribution in [0.3, 0.4) is 0 Å². The van der Waals surface area contributed by atoms with Crippen molar-refractivity contribution in [1.29, 1.82) is 0 Å². The van der Waals surface area contributed by atoms with Gasteiger partial charge in [0.15, 0.2) is 0 Å². The van der Waals surface area contributed by atoms with Crippen LogP contribution in [0.2, 0.25) is 0 Å². The van der Waals surface area contributed by atoms with Crippen LogP contribution in [0.1, 0.15) is 6.92 Å². The lowest BCUT2D eigenvalue weighted by Gasteiger charge is -2.11. The van der Waals surface area contributed by atoms with Crippen molar-refractivity contribution in [2.45, 2.75) is 6.92 Å². The van der Waals surface area contributed by atoms with Crippen LogP contribution in [0.5, 0.6) is 17.2 Å². The highest BCUT2D eigenvalue weighted by molar-refractivity contribution is 6.10. The number of fused-ring (bicyclic) bond motifs is 2. The summed E-state index contributed by atoms with van der Waals surface area (Å²) in [6.07, 6.45) is 0. The lowest BCUT2D eigenvalue weighted by Crippen LogP contribution is -1.91. The fraction of sp³-hybridized carbons (Fsp3) is 0.125. The molecule has 0 atom stereocenters. The van der Waals surface area contributed by atoms with Crippen LogP contribution in [0, 0.1) is 0 Å². The number of phenolic OH excluding ortho intramolecular Hbond substituents is 2. The van der Waals surface area contributed by atoms with Gasteiger partial charge in [-0.25, -0.2) is 0 Å². The molecule has 3 aromatic carbocycles. The predicted molar refractivity (Wildman–Crippen MR) is 76.0 cm³/mol. The van der Waals surface area contributed by atoms with E-state index in [4.69, 9.17) is 4.74 Å². The molecule has 96 valence electrons. The number of rotatable bonds is 2. The van der Waals surface area contributed by atoms with Gasteiger partial charge in [-0.2, -0.15) is 0 Å². The summed E-state index contributed by atoms with van der Waals surface area (Å²) in [6.45, 7) is 2.47. The van der Waals surface area contributed by atoms with Crippen LogP contribution in [-0.2, 0) is 0 Å². The average Bonchev–Trinajstić information content (AvgIpc) is 2.45. The summed E-state index contributed by atoms with van der Waals surface area (Å²) in [4.78, 5) is 0. The summed E-state index contributed by atoms with van der Waals surface area (Å²) in [5.74, 6) is 1.04. The van der Waals surface area contributed by atoms with E-state index in [1.54, 1.807) is 30.3 Å². The summed E-state index contributed by atoms with van der Waals surface area (Å²) in [5.41, 5.74) is 0. The van der Waals surface area contributed by atoms with Crippen molar-refractivity contribution >= 4 is 21.5 Å². The van der Waals surface area contributed by atoms with Gasteiger partial charge in [-0.1, -0.05) is 24.3 Å². The summed E-state index contributed by atoms with van der Waals surface area (Å²) in [7, 11) is 0. The van der Waals surface area contributed by atoms with E-state index in [0.717, 1.165) is 0 Å². The highest BCUT2D eigenvalue weighted by atomic mass is 16.5. The highest BCUT2D eigenvalue weighted by Gasteiger charge is 2.12. The molecule has 0 aromatic heterocycles. The first-order valence-corrected chi connectivity index (χ1v) is 6.21. The largest absolute Gasteiger partial charge is 0.507 e. The number of ether oxygens (including phenoxy) is 1.